The molecule has 0 spiro atoms. The number of aromatic nitrogens is 1. The molecule has 30 heavy (non-hydrogen) atoms. The van der Waals surface area contributed by atoms with Gasteiger partial charge < -0.3 is 19.5 Å². The Morgan fingerprint density at radius 2 is 1.83 bits per heavy atom. The molecule has 8 heteroatoms. The highest BCUT2D eigenvalue weighted by Crippen LogP contribution is 2.37. The third-order valence-electron chi connectivity index (χ3n) is 5.52. The first-order valence-corrected chi connectivity index (χ1v) is 11.9. The lowest BCUT2D eigenvalue weighted by atomic mass is 10.2. The van der Waals surface area contributed by atoms with E-state index in [9.17, 15) is 8.42 Å². The third kappa shape index (κ3) is 3.66. The molecule has 4 rings (SSSR count). The molecule has 3 aromatic rings. The number of sulfone groups is 1. The average molecular weight is 448 g/mol. The fourth-order valence-electron chi connectivity index (χ4n) is 3.95. The van der Waals surface area contributed by atoms with Crippen LogP contribution in [0.1, 0.15) is 19.9 Å². The van der Waals surface area contributed by atoms with E-state index in [1.807, 2.05) is 24.5 Å². The first-order valence-electron chi connectivity index (χ1n) is 10.0. The molecule has 0 amide bonds. The summed E-state index contributed by atoms with van der Waals surface area (Å²) in [6.07, 6.45) is 1.72. The van der Waals surface area contributed by atoms with Crippen LogP contribution >= 0.6 is 11.6 Å². The van der Waals surface area contributed by atoms with Crippen LogP contribution in [0.3, 0.4) is 0 Å². The number of rotatable bonds is 5. The van der Waals surface area contributed by atoms with Crippen LogP contribution < -0.4 is 15.0 Å². The molecule has 160 valence electrons. The van der Waals surface area contributed by atoms with Crippen molar-refractivity contribution in [3.63, 3.8) is 0 Å². The summed E-state index contributed by atoms with van der Waals surface area (Å²) in [5.41, 5.74) is 1.65. The van der Waals surface area contributed by atoms with Crippen LogP contribution in [-0.4, -0.2) is 46.3 Å². The monoisotopic (exact) mass is 447 g/mol. The van der Waals surface area contributed by atoms with Crippen molar-refractivity contribution in [3.8, 4) is 5.75 Å². The summed E-state index contributed by atoms with van der Waals surface area (Å²) < 4.78 is 34.9. The van der Waals surface area contributed by atoms with E-state index in [1.165, 1.54) is 0 Å². The van der Waals surface area contributed by atoms with Gasteiger partial charge in [0.15, 0.2) is 0 Å². The Labute approximate surface area is 182 Å². The number of anilines is 1. The lowest BCUT2D eigenvalue weighted by molar-refractivity contribution is 0.412. The van der Waals surface area contributed by atoms with Gasteiger partial charge in [0.05, 0.1) is 22.6 Å². The Kier molecular flexibility index (Phi) is 5.70. The van der Waals surface area contributed by atoms with Crippen molar-refractivity contribution in [2.24, 2.45) is 0 Å². The van der Waals surface area contributed by atoms with Crippen molar-refractivity contribution in [1.29, 1.82) is 0 Å². The fourth-order valence-corrected chi connectivity index (χ4v) is 5.60. The Balaban J connectivity index is 1.87. The Bertz CT molecular complexity index is 1180. The minimum atomic E-state index is -3.76. The van der Waals surface area contributed by atoms with Crippen molar-refractivity contribution in [2.75, 3.05) is 38.2 Å². The predicted molar refractivity (Wildman–Crippen MR) is 121 cm³/mol. The summed E-state index contributed by atoms with van der Waals surface area (Å²) in [7, 11) is -2.15. The molecule has 2 heterocycles. The second-order valence-corrected chi connectivity index (χ2v) is 10.1. The average Bonchev–Trinajstić information content (AvgIpc) is 3.13. The highest BCUT2D eigenvalue weighted by Gasteiger charge is 2.26. The van der Waals surface area contributed by atoms with E-state index in [-0.39, 0.29) is 15.8 Å². The molecule has 0 aliphatic carbocycles. The number of hydrogen-bond donors (Lipinski definition) is 1. The Morgan fingerprint density at radius 3 is 2.50 bits per heavy atom. The van der Waals surface area contributed by atoms with Crippen LogP contribution in [-0.2, 0) is 9.84 Å². The fraction of sp³-hybridized carbons (Fsp3) is 0.364. The number of methoxy groups -OCH3 is 1. The second kappa shape index (κ2) is 8.13. The first-order chi connectivity index (χ1) is 14.3. The first kappa shape index (κ1) is 21.0. The maximum atomic E-state index is 13.7. The highest BCUT2D eigenvalue weighted by molar-refractivity contribution is 7.91. The SMILES string of the molecule is COc1ccc(S(=O)(=O)c2cn(C(C)C)c3ccc(Cl)cc23)cc1N1CCNCC1. The van der Waals surface area contributed by atoms with Gasteiger partial charge in [0.25, 0.3) is 0 Å². The Hall–Kier alpha value is -2.22. The van der Waals surface area contributed by atoms with E-state index >= 15 is 0 Å². The number of hydrogen-bond acceptors (Lipinski definition) is 5. The molecule has 0 saturated carbocycles. The number of halogens is 1. The van der Waals surface area contributed by atoms with E-state index in [0.717, 1.165) is 37.4 Å². The quantitative estimate of drug-likeness (QED) is 0.637. The van der Waals surface area contributed by atoms with E-state index < -0.39 is 9.84 Å². The van der Waals surface area contributed by atoms with E-state index in [1.54, 1.807) is 43.6 Å². The molecule has 1 aliphatic rings. The zero-order chi connectivity index (χ0) is 21.5. The van der Waals surface area contributed by atoms with Crippen molar-refractivity contribution >= 4 is 38.0 Å². The standard InChI is InChI=1S/C22H26ClN3O3S/c1-15(2)26-14-22(18-12-16(23)4-6-19(18)26)30(27,28)17-5-7-21(29-3)20(13-17)25-10-8-24-9-11-25/h4-7,12-15,24H,8-11H2,1-3H3. The van der Waals surface area contributed by atoms with Crippen LogP contribution in [0.25, 0.3) is 10.9 Å². The van der Waals surface area contributed by atoms with Crippen molar-refractivity contribution in [1.82, 2.24) is 9.88 Å². The topological polar surface area (TPSA) is 63.6 Å². The number of fused-ring (bicyclic) bond motifs is 1. The van der Waals surface area contributed by atoms with Gasteiger partial charge in [0, 0.05) is 54.3 Å². The molecule has 0 unspecified atom stereocenters. The molecule has 0 atom stereocenters. The van der Waals surface area contributed by atoms with Crippen LogP contribution in [0.15, 0.2) is 52.4 Å². The minimum absolute atomic E-state index is 0.116. The number of nitrogens with zero attached hydrogens (tertiary/aromatic N) is 2. The molecule has 1 N–H and O–H groups in total. The van der Waals surface area contributed by atoms with E-state index in [2.05, 4.69) is 10.2 Å². The highest BCUT2D eigenvalue weighted by atomic mass is 35.5. The third-order valence-corrected chi connectivity index (χ3v) is 7.54. The van der Waals surface area contributed by atoms with Crippen LogP contribution in [0.5, 0.6) is 5.75 Å². The zero-order valence-corrected chi connectivity index (χ0v) is 18.9. The van der Waals surface area contributed by atoms with Gasteiger partial charge in [-0.05, 0) is 50.2 Å². The lowest BCUT2D eigenvalue weighted by Gasteiger charge is -2.30. The van der Waals surface area contributed by atoms with E-state index in [4.69, 9.17) is 16.3 Å². The van der Waals surface area contributed by atoms with Crippen molar-refractivity contribution in [2.45, 2.75) is 29.7 Å². The lowest BCUT2D eigenvalue weighted by Crippen LogP contribution is -2.43. The summed E-state index contributed by atoms with van der Waals surface area (Å²) >= 11 is 6.21. The van der Waals surface area contributed by atoms with Gasteiger partial charge in [-0.1, -0.05) is 11.6 Å². The van der Waals surface area contributed by atoms with Crippen LogP contribution in [0, 0.1) is 0 Å². The molecule has 6 nitrogen and oxygen atoms in total. The largest absolute Gasteiger partial charge is 0.495 e. The second-order valence-electron chi connectivity index (χ2n) is 7.73. The number of benzene rings is 2. The molecule has 0 radical (unpaired) electrons. The zero-order valence-electron chi connectivity index (χ0n) is 17.4. The van der Waals surface area contributed by atoms with Gasteiger partial charge in [-0.25, -0.2) is 8.42 Å². The number of piperazine rings is 1. The van der Waals surface area contributed by atoms with Gasteiger partial charge in [0.2, 0.25) is 9.84 Å². The van der Waals surface area contributed by atoms with Crippen molar-refractivity contribution in [3.05, 3.63) is 47.6 Å². The molecule has 2 aromatic carbocycles. The molecular formula is C22H26ClN3O3S. The van der Waals surface area contributed by atoms with Crippen molar-refractivity contribution < 1.29 is 13.2 Å². The molecule has 1 aliphatic heterocycles. The molecule has 0 bridgehead atoms. The maximum Gasteiger partial charge on any atom is 0.208 e. The van der Waals surface area contributed by atoms with Crippen LogP contribution in [0.2, 0.25) is 5.02 Å². The Morgan fingerprint density at radius 1 is 1.10 bits per heavy atom. The smallest absolute Gasteiger partial charge is 0.208 e. The van der Waals surface area contributed by atoms with E-state index in [0.29, 0.717) is 16.2 Å². The van der Waals surface area contributed by atoms with Gasteiger partial charge >= 0.3 is 0 Å². The molecule has 1 aromatic heterocycles. The number of ether oxygens (including phenoxy) is 1. The summed E-state index contributed by atoms with van der Waals surface area (Å²) in [6, 6.07) is 10.6. The normalized spacial score (nSPS) is 15.2. The van der Waals surface area contributed by atoms with Crippen LogP contribution in [0.4, 0.5) is 5.69 Å². The summed E-state index contributed by atoms with van der Waals surface area (Å²) in [5.74, 6) is 0.670. The molecule has 1 saturated heterocycles. The summed E-state index contributed by atoms with van der Waals surface area (Å²) in [5, 5.41) is 4.46. The molecular weight excluding hydrogens is 422 g/mol. The number of nitrogens with one attached hydrogen (secondary N) is 1. The summed E-state index contributed by atoms with van der Waals surface area (Å²) in [4.78, 5) is 2.67. The van der Waals surface area contributed by atoms with Gasteiger partial charge in [0.1, 0.15) is 5.75 Å². The summed E-state index contributed by atoms with van der Waals surface area (Å²) in [6.45, 7) is 7.34. The molecule has 1 fully saturated rings. The maximum absolute atomic E-state index is 13.7. The van der Waals surface area contributed by atoms with Gasteiger partial charge in [-0.2, -0.15) is 0 Å². The van der Waals surface area contributed by atoms with Gasteiger partial charge in [-0.15, -0.1) is 0 Å². The minimum Gasteiger partial charge on any atom is -0.495 e. The predicted octanol–water partition coefficient (Wildman–Crippen LogP) is 4.13. The van der Waals surface area contributed by atoms with Gasteiger partial charge in [-0.3, -0.25) is 0 Å².